The van der Waals surface area contributed by atoms with Crippen molar-refractivity contribution in [1.82, 2.24) is 0 Å². The molecule has 0 spiro atoms. The number of unbranched alkanes of at least 4 members (excludes halogenated alkanes) is 13. The van der Waals surface area contributed by atoms with Gasteiger partial charge in [-0.1, -0.05) is 90.4 Å². The van der Waals surface area contributed by atoms with Crippen molar-refractivity contribution in [1.29, 1.82) is 0 Å². The molecule has 0 fully saturated rings. The Morgan fingerprint density at radius 2 is 1.35 bits per heavy atom. The zero-order valence-corrected chi connectivity index (χ0v) is 20.6. The highest BCUT2D eigenvalue weighted by Crippen LogP contribution is 2.28. The van der Waals surface area contributed by atoms with Gasteiger partial charge < -0.3 is 34.6 Å². The number of esters is 2. The van der Waals surface area contributed by atoms with E-state index in [9.17, 15) is 19.8 Å². The third-order valence-corrected chi connectivity index (χ3v) is 5.84. The van der Waals surface area contributed by atoms with Crippen molar-refractivity contribution in [3.63, 3.8) is 0 Å². The normalized spacial score (nSPS) is 17.6. The van der Waals surface area contributed by atoms with Crippen LogP contribution in [0.2, 0.25) is 0 Å². The molecule has 0 aliphatic carbocycles. The molecule has 9 heteroatoms. The molecule has 0 bridgehead atoms. The van der Waals surface area contributed by atoms with Crippen LogP contribution in [0, 0.1) is 0 Å². The summed E-state index contributed by atoms with van der Waals surface area (Å²) in [4.78, 5) is 23.9. The fraction of sp³-hybridized carbons (Fsp3) is 0.840. The highest BCUT2D eigenvalue weighted by atomic mass is 16.6. The van der Waals surface area contributed by atoms with E-state index in [0.717, 1.165) is 19.3 Å². The van der Waals surface area contributed by atoms with Gasteiger partial charge in [0.05, 0.1) is 19.8 Å². The fourth-order valence-electron chi connectivity index (χ4n) is 3.76. The number of carbonyl (C=O) groups is 2. The van der Waals surface area contributed by atoms with Crippen LogP contribution < -0.4 is 0 Å². The van der Waals surface area contributed by atoms with E-state index in [1.807, 2.05) is 0 Å². The van der Waals surface area contributed by atoms with Crippen molar-refractivity contribution in [3.8, 4) is 0 Å². The van der Waals surface area contributed by atoms with Gasteiger partial charge in [0.2, 0.25) is 11.5 Å². The molecule has 3 atom stereocenters. The average Bonchev–Trinajstić information content (AvgIpc) is 3.15. The second-order valence-corrected chi connectivity index (χ2v) is 8.83. The van der Waals surface area contributed by atoms with E-state index in [-0.39, 0.29) is 12.4 Å². The van der Waals surface area contributed by atoms with Gasteiger partial charge in [-0.25, -0.2) is 9.59 Å². The molecule has 1 aliphatic heterocycles. The summed E-state index contributed by atoms with van der Waals surface area (Å²) in [6, 6.07) is 0. The Hall–Kier alpha value is -1.68. The second kappa shape index (κ2) is 18.6. The minimum absolute atomic E-state index is 0.189. The molecule has 34 heavy (non-hydrogen) atoms. The Morgan fingerprint density at radius 1 is 0.853 bits per heavy atom. The van der Waals surface area contributed by atoms with Crippen molar-refractivity contribution in [2.24, 2.45) is 0 Å². The monoisotopic (exact) mass is 488 g/mol. The minimum atomic E-state index is -1.82. The van der Waals surface area contributed by atoms with Crippen LogP contribution >= 0.6 is 0 Å². The number of carbonyl (C=O) groups excluding carboxylic acids is 2. The van der Waals surface area contributed by atoms with Gasteiger partial charge in [-0.2, -0.15) is 0 Å². The number of hydrogen-bond donors (Lipinski definition) is 4. The molecular formula is C25H44O9. The van der Waals surface area contributed by atoms with E-state index in [1.165, 1.54) is 64.2 Å². The predicted molar refractivity (Wildman–Crippen MR) is 125 cm³/mol. The molecule has 4 N–H and O–H groups in total. The first kappa shape index (κ1) is 30.4. The Balaban J connectivity index is 2.27. The smallest absolute Gasteiger partial charge is 0.378 e. The lowest BCUT2D eigenvalue weighted by atomic mass is 10.0. The molecule has 0 aromatic rings. The van der Waals surface area contributed by atoms with Crippen molar-refractivity contribution >= 4 is 11.9 Å². The van der Waals surface area contributed by atoms with Gasteiger partial charge in [0.15, 0.2) is 12.2 Å². The Bertz CT molecular complexity index is 605. The summed E-state index contributed by atoms with van der Waals surface area (Å²) in [6.07, 6.45) is 12.2. The minimum Gasteiger partial charge on any atom is -0.484 e. The summed E-state index contributed by atoms with van der Waals surface area (Å²) < 4.78 is 15.4. The van der Waals surface area contributed by atoms with Crippen molar-refractivity contribution in [2.75, 3.05) is 19.8 Å². The number of ether oxygens (including phenoxy) is 3. The third kappa shape index (κ3) is 11.6. The summed E-state index contributed by atoms with van der Waals surface area (Å²) >= 11 is 0. The van der Waals surface area contributed by atoms with Crippen LogP contribution in [0.4, 0.5) is 0 Å². The van der Waals surface area contributed by atoms with Crippen LogP contribution in [0.1, 0.15) is 96.8 Å². The van der Waals surface area contributed by atoms with Crippen LogP contribution in [0.25, 0.3) is 0 Å². The lowest BCUT2D eigenvalue weighted by Gasteiger charge is -2.18. The molecule has 1 unspecified atom stereocenters. The number of rotatable bonds is 21. The maximum absolute atomic E-state index is 12.1. The van der Waals surface area contributed by atoms with Gasteiger partial charge in [-0.15, -0.1) is 0 Å². The van der Waals surface area contributed by atoms with Gasteiger partial charge in [0.25, 0.3) is 0 Å². The molecular weight excluding hydrogens is 444 g/mol. The largest absolute Gasteiger partial charge is 0.484 e. The van der Waals surface area contributed by atoms with Crippen molar-refractivity contribution < 1.29 is 44.2 Å². The van der Waals surface area contributed by atoms with E-state index >= 15 is 0 Å². The molecule has 198 valence electrons. The van der Waals surface area contributed by atoms with Gasteiger partial charge in [0, 0.05) is 0 Å². The molecule has 0 radical (unpaired) electrons. The number of aliphatic hydroxyl groups is 4. The lowest BCUT2D eigenvalue weighted by Crippen LogP contribution is -2.35. The first-order chi connectivity index (χ1) is 16.5. The van der Waals surface area contributed by atoms with E-state index in [0.29, 0.717) is 6.42 Å². The van der Waals surface area contributed by atoms with Crippen LogP contribution in [0.15, 0.2) is 11.5 Å². The summed E-state index contributed by atoms with van der Waals surface area (Å²) in [7, 11) is 0. The van der Waals surface area contributed by atoms with E-state index in [1.54, 1.807) is 0 Å². The molecule has 0 saturated heterocycles. The van der Waals surface area contributed by atoms with E-state index < -0.39 is 49.2 Å². The maximum Gasteiger partial charge on any atom is 0.378 e. The molecule has 9 nitrogen and oxygen atoms in total. The topological polar surface area (TPSA) is 143 Å². The maximum atomic E-state index is 12.1. The number of hydrogen-bond acceptors (Lipinski definition) is 9. The van der Waals surface area contributed by atoms with E-state index in [2.05, 4.69) is 6.92 Å². The first-order valence-corrected chi connectivity index (χ1v) is 12.8. The van der Waals surface area contributed by atoms with Crippen molar-refractivity contribution in [3.05, 3.63) is 11.5 Å². The van der Waals surface area contributed by atoms with Crippen molar-refractivity contribution in [2.45, 2.75) is 115 Å². The highest BCUT2D eigenvalue weighted by molar-refractivity contribution is 5.90. The van der Waals surface area contributed by atoms with Gasteiger partial charge >= 0.3 is 11.9 Å². The summed E-state index contributed by atoms with van der Waals surface area (Å²) in [6.45, 7) is 0.811. The molecule has 1 rings (SSSR count). The quantitative estimate of drug-likeness (QED) is 0.142. The first-order valence-electron chi connectivity index (χ1n) is 12.8. The third-order valence-electron chi connectivity index (χ3n) is 5.84. The van der Waals surface area contributed by atoms with Crippen LogP contribution in [0.5, 0.6) is 0 Å². The van der Waals surface area contributed by atoms with Crippen LogP contribution in [-0.4, -0.2) is 70.5 Å². The second-order valence-electron chi connectivity index (χ2n) is 8.83. The van der Waals surface area contributed by atoms with Gasteiger partial charge in [-0.05, 0) is 6.42 Å². The molecule has 1 aliphatic rings. The average molecular weight is 489 g/mol. The zero-order chi connectivity index (χ0) is 25.2. The molecule has 0 aromatic carbocycles. The van der Waals surface area contributed by atoms with Crippen LogP contribution in [0.3, 0.4) is 0 Å². The predicted octanol–water partition coefficient (Wildman–Crippen LogP) is 2.87. The fourth-order valence-corrected chi connectivity index (χ4v) is 3.76. The molecule has 1 heterocycles. The Kier molecular flexibility index (Phi) is 16.6. The molecule has 0 saturated carbocycles. The zero-order valence-electron chi connectivity index (χ0n) is 20.6. The SMILES string of the molecule is CCCCCCCCCCCCCCCCOC1=C(OC(=O)C(O)CO)[C@@H]([C@@H](O)CO)OC1=O. The summed E-state index contributed by atoms with van der Waals surface area (Å²) in [5.74, 6) is -2.92. The Morgan fingerprint density at radius 3 is 1.82 bits per heavy atom. The number of cyclic esters (lactones) is 1. The Labute approximate surface area is 203 Å². The standard InChI is InChI=1S/C25H44O9/c1-2-3-4-5-6-7-8-9-10-11-12-13-14-15-16-32-23-22(34-24(30)20(29)18-27)21(19(28)17-26)33-25(23)31/h19-21,26-29H,2-18H2,1H3/t19-,20?,21+/m0/s1. The lowest BCUT2D eigenvalue weighted by molar-refractivity contribution is -0.157. The van der Waals surface area contributed by atoms with Gasteiger partial charge in [0.1, 0.15) is 6.10 Å². The van der Waals surface area contributed by atoms with Crippen LogP contribution in [-0.2, 0) is 23.8 Å². The summed E-state index contributed by atoms with van der Waals surface area (Å²) in [5, 5.41) is 37.3. The number of aliphatic hydroxyl groups excluding tert-OH is 4. The van der Waals surface area contributed by atoms with Gasteiger partial charge in [-0.3, -0.25) is 0 Å². The molecule has 0 amide bonds. The van der Waals surface area contributed by atoms with E-state index in [4.69, 9.17) is 24.4 Å². The highest BCUT2D eigenvalue weighted by Gasteiger charge is 2.43. The molecule has 0 aromatic heterocycles. The summed E-state index contributed by atoms with van der Waals surface area (Å²) in [5.41, 5.74) is 0.